The van der Waals surface area contributed by atoms with Crippen LogP contribution in [-0.2, 0) is 9.53 Å². The molecule has 1 aromatic rings. The molecule has 0 saturated heterocycles. The van der Waals surface area contributed by atoms with Gasteiger partial charge in [0.1, 0.15) is 5.75 Å². The number of esters is 1. The molecule has 0 bridgehead atoms. The lowest BCUT2D eigenvalue weighted by Gasteiger charge is -2.25. The first kappa shape index (κ1) is 13.7. The molecule has 0 aromatic heterocycles. The third-order valence-corrected chi connectivity index (χ3v) is 2.78. The monoisotopic (exact) mass is 276 g/mol. The summed E-state index contributed by atoms with van der Waals surface area (Å²) in [5.41, 5.74) is 9.03. The molecule has 2 rings (SSSR count). The molecule has 1 atom stereocenters. The number of anilines is 1. The fraction of sp³-hybridized carbons (Fsp3) is 0.333. The minimum atomic E-state index is -0.749. The Labute approximate surface area is 114 Å². The van der Waals surface area contributed by atoms with Gasteiger partial charge in [0, 0.05) is 11.5 Å². The molecule has 1 aliphatic heterocycles. The molecular formula is C12H12N4O4. The van der Waals surface area contributed by atoms with Crippen molar-refractivity contribution in [3.05, 3.63) is 34.2 Å². The highest BCUT2D eigenvalue weighted by molar-refractivity contribution is 5.99. The van der Waals surface area contributed by atoms with Gasteiger partial charge in [-0.05, 0) is 30.2 Å². The first-order valence-corrected chi connectivity index (χ1v) is 5.86. The number of carbonyl (C=O) groups is 2. The number of azide groups is 1. The highest BCUT2D eigenvalue weighted by atomic mass is 16.5. The molecule has 1 unspecified atom stereocenters. The van der Waals surface area contributed by atoms with E-state index < -0.39 is 12.1 Å². The lowest BCUT2D eigenvalue weighted by molar-refractivity contribution is -0.123. The average molecular weight is 276 g/mol. The van der Waals surface area contributed by atoms with Crippen LogP contribution in [0.2, 0.25) is 0 Å². The summed E-state index contributed by atoms with van der Waals surface area (Å²) in [5.74, 6) is -0.408. The highest BCUT2D eigenvalue weighted by Gasteiger charge is 2.27. The molecule has 20 heavy (non-hydrogen) atoms. The summed E-state index contributed by atoms with van der Waals surface area (Å²) >= 11 is 0. The number of rotatable bonds is 4. The summed E-state index contributed by atoms with van der Waals surface area (Å²) in [6.07, 6.45) is -0.487. The fourth-order valence-electron chi connectivity index (χ4n) is 1.80. The molecule has 0 saturated carbocycles. The topological polar surface area (TPSA) is 113 Å². The van der Waals surface area contributed by atoms with Crippen LogP contribution in [0.3, 0.4) is 0 Å². The quantitative estimate of drug-likeness (QED) is 0.391. The van der Waals surface area contributed by atoms with Gasteiger partial charge in [-0.25, -0.2) is 4.79 Å². The largest absolute Gasteiger partial charge is 0.478 e. The Hall–Kier alpha value is -2.73. The van der Waals surface area contributed by atoms with Gasteiger partial charge in [0.15, 0.2) is 6.10 Å². The number of nitrogens with one attached hydrogen (secondary N) is 1. The lowest BCUT2D eigenvalue weighted by atomic mass is 10.1. The number of ether oxygens (including phenoxy) is 2. The average Bonchev–Trinajstić information content (AvgIpc) is 2.46. The van der Waals surface area contributed by atoms with Gasteiger partial charge in [0.05, 0.1) is 18.4 Å². The molecule has 0 radical (unpaired) electrons. The van der Waals surface area contributed by atoms with Gasteiger partial charge in [-0.15, -0.1) is 0 Å². The Bertz CT molecular complexity index is 595. The highest BCUT2D eigenvalue weighted by Crippen LogP contribution is 2.31. The predicted octanol–water partition coefficient (Wildman–Crippen LogP) is 1.87. The Kier molecular flexibility index (Phi) is 4.07. The number of nitrogens with zero attached hydrogens (tertiary/aromatic N) is 3. The number of benzene rings is 1. The Balaban J connectivity index is 2.18. The maximum absolute atomic E-state index is 11.8. The molecular weight excluding hydrogens is 264 g/mol. The van der Waals surface area contributed by atoms with E-state index in [1.807, 2.05) is 0 Å². The smallest absolute Gasteiger partial charge is 0.337 e. The van der Waals surface area contributed by atoms with Crippen LogP contribution in [0.4, 0.5) is 5.69 Å². The number of hydrogen-bond acceptors (Lipinski definition) is 5. The second-order valence-corrected chi connectivity index (χ2v) is 4.04. The van der Waals surface area contributed by atoms with Gasteiger partial charge < -0.3 is 14.8 Å². The van der Waals surface area contributed by atoms with Gasteiger partial charge in [0.25, 0.3) is 5.91 Å². The van der Waals surface area contributed by atoms with Crippen LogP contribution < -0.4 is 10.1 Å². The van der Waals surface area contributed by atoms with E-state index >= 15 is 0 Å². The van der Waals surface area contributed by atoms with Crippen LogP contribution in [0.25, 0.3) is 10.4 Å². The van der Waals surface area contributed by atoms with Gasteiger partial charge >= 0.3 is 5.97 Å². The molecule has 0 spiro atoms. The summed E-state index contributed by atoms with van der Waals surface area (Å²) < 4.78 is 10.1. The third-order valence-electron chi connectivity index (χ3n) is 2.78. The maximum Gasteiger partial charge on any atom is 0.337 e. The molecule has 1 heterocycles. The SMILES string of the molecule is COC(=O)c1ccc2c(c1)OC(CCN=[N+]=[N-])C(=O)N2. The van der Waals surface area contributed by atoms with E-state index in [4.69, 9.17) is 10.3 Å². The molecule has 0 fully saturated rings. The second kappa shape index (κ2) is 5.94. The van der Waals surface area contributed by atoms with Crippen molar-refractivity contribution in [2.45, 2.75) is 12.5 Å². The van der Waals surface area contributed by atoms with Crippen LogP contribution >= 0.6 is 0 Å². The van der Waals surface area contributed by atoms with Crippen molar-refractivity contribution in [3.63, 3.8) is 0 Å². The van der Waals surface area contributed by atoms with E-state index in [9.17, 15) is 9.59 Å². The van der Waals surface area contributed by atoms with Crippen molar-refractivity contribution in [2.24, 2.45) is 5.11 Å². The summed E-state index contributed by atoms with van der Waals surface area (Å²) in [6.45, 7) is 0.153. The van der Waals surface area contributed by atoms with Crippen molar-refractivity contribution < 1.29 is 19.1 Å². The predicted molar refractivity (Wildman–Crippen MR) is 69.5 cm³/mol. The van der Waals surface area contributed by atoms with E-state index in [1.165, 1.54) is 19.2 Å². The van der Waals surface area contributed by atoms with Crippen molar-refractivity contribution in [1.29, 1.82) is 0 Å². The van der Waals surface area contributed by atoms with Gasteiger partial charge in [-0.1, -0.05) is 5.11 Å². The Morgan fingerprint density at radius 1 is 1.60 bits per heavy atom. The van der Waals surface area contributed by atoms with E-state index in [-0.39, 0.29) is 18.9 Å². The van der Waals surface area contributed by atoms with Crippen molar-refractivity contribution in [3.8, 4) is 5.75 Å². The van der Waals surface area contributed by atoms with Gasteiger partial charge in [-0.3, -0.25) is 4.79 Å². The van der Waals surface area contributed by atoms with Crippen LogP contribution in [-0.4, -0.2) is 31.6 Å². The standard InChI is InChI=1S/C12H12N4O4/c1-19-12(18)7-2-3-8-10(6-7)20-9(11(17)15-8)4-5-14-16-13/h2-3,6,9H,4-5H2,1H3,(H,15,17). The Morgan fingerprint density at radius 2 is 2.40 bits per heavy atom. The van der Waals surface area contributed by atoms with Crippen molar-refractivity contribution in [2.75, 3.05) is 19.0 Å². The molecule has 1 amide bonds. The van der Waals surface area contributed by atoms with Crippen LogP contribution in [0.15, 0.2) is 23.3 Å². The van der Waals surface area contributed by atoms with Gasteiger partial charge in [-0.2, -0.15) is 0 Å². The Morgan fingerprint density at radius 3 is 3.10 bits per heavy atom. The first-order chi connectivity index (χ1) is 9.65. The molecule has 1 aliphatic rings. The van der Waals surface area contributed by atoms with E-state index in [0.29, 0.717) is 17.0 Å². The molecule has 1 N–H and O–H groups in total. The van der Waals surface area contributed by atoms with Crippen LogP contribution in [0.1, 0.15) is 16.8 Å². The zero-order valence-corrected chi connectivity index (χ0v) is 10.7. The zero-order valence-electron chi connectivity index (χ0n) is 10.7. The van der Waals surface area contributed by atoms with E-state index in [2.05, 4.69) is 20.1 Å². The summed E-state index contributed by atoms with van der Waals surface area (Å²) in [7, 11) is 1.28. The number of fused-ring (bicyclic) bond motifs is 1. The fourth-order valence-corrected chi connectivity index (χ4v) is 1.80. The molecule has 1 aromatic carbocycles. The number of hydrogen-bond donors (Lipinski definition) is 1. The van der Waals surface area contributed by atoms with Crippen molar-refractivity contribution in [1.82, 2.24) is 0 Å². The van der Waals surface area contributed by atoms with E-state index in [0.717, 1.165) is 0 Å². The summed E-state index contributed by atoms with van der Waals surface area (Å²) in [5, 5.41) is 6.03. The third kappa shape index (κ3) is 2.81. The molecule has 0 aliphatic carbocycles. The molecule has 104 valence electrons. The number of carbonyl (C=O) groups excluding carboxylic acids is 2. The molecule has 8 heteroatoms. The summed E-state index contributed by atoms with van der Waals surface area (Å²) in [4.78, 5) is 25.8. The van der Waals surface area contributed by atoms with Gasteiger partial charge in [0.2, 0.25) is 0 Å². The van der Waals surface area contributed by atoms with Crippen LogP contribution in [0, 0.1) is 0 Å². The normalized spacial score (nSPS) is 16.2. The van der Waals surface area contributed by atoms with E-state index in [1.54, 1.807) is 6.07 Å². The number of methoxy groups -OCH3 is 1. The lowest BCUT2D eigenvalue weighted by Crippen LogP contribution is -2.37. The zero-order chi connectivity index (χ0) is 14.5. The minimum Gasteiger partial charge on any atom is -0.478 e. The summed E-state index contributed by atoms with van der Waals surface area (Å²) in [6, 6.07) is 4.61. The second-order valence-electron chi connectivity index (χ2n) is 4.04. The van der Waals surface area contributed by atoms with Crippen LogP contribution in [0.5, 0.6) is 5.75 Å². The first-order valence-electron chi connectivity index (χ1n) is 5.86. The molecule has 8 nitrogen and oxygen atoms in total. The maximum atomic E-state index is 11.8. The number of amides is 1. The van der Waals surface area contributed by atoms with Crippen molar-refractivity contribution >= 4 is 17.6 Å². The minimum absolute atomic E-state index is 0.153.